The average molecular weight is 268 g/mol. The van der Waals surface area contributed by atoms with Gasteiger partial charge in [-0.05, 0) is 39.7 Å². The normalized spacial score (nSPS) is 38.1. The number of rotatable bonds is 4. The first-order chi connectivity index (χ1) is 9.20. The molecule has 3 nitrogen and oxygen atoms in total. The van der Waals surface area contributed by atoms with E-state index in [4.69, 9.17) is 4.74 Å². The molecule has 1 saturated carbocycles. The Morgan fingerprint density at radius 1 is 1.05 bits per heavy atom. The number of nitrogens with one attached hydrogen (secondary N) is 1. The van der Waals surface area contributed by atoms with Crippen LogP contribution in [0.25, 0.3) is 0 Å². The first-order valence-corrected chi connectivity index (χ1v) is 8.33. The number of morpholine rings is 1. The van der Waals surface area contributed by atoms with Crippen LogP contribution in [0.15, 0.2) is 0 Å². The van der Waals surface area contributed by atoms with Crippen LogP contribution in [0, 0.1) is 0 Å². The standard InChI is InChI=1S/C16H32N2O/c1-4-10-17-15-8-6-5-7-9-16(15)18-11-13(2)19-14(3)12-18/h13-17H,4-12H2,1-3H3. The SMILES string of the molecule is CCCNC1CCCCCC1N1CC(C)OC(C)C1. The molecule has 1 aliphatic carbocycles. The molecule has 4 unspecified atom stereocenters. The Bertz CT molecular complexity index is 249. The Labute approximate surface area is 119 Å². The van der Waals surface area contributed by atoms with Crippen LogP contribution in [-0.4, -0.2) is 48.8 Å². The van der Waals surface area contributed by atoms with Gasteiger partial charge in [-0.3, -0.25) is 4.90 Å². The van der Waals surface area contributed by atoms with E-state index >= 15 is 0 Å². The van der Waals surface area contributed by atoms with Crippen molar-refractivity contribution in [2.45, 2.75) is 83.6 Å². The van der Waals surface area contributed by atoms with Crippen LogP contribution in [0.5, 0.6) is 0 Å². The van der Waals surface area contributed by atoms with Gasteiger partial charge in [0, 0.05) is 25.2 Å². The largest absolute Gasteiger partial charge is 0.373 e. The molecule has 3 heteroatoms. The molecular weight excluding hydrogens is 236 g/mol. The van der Waals surface area contributed by atoms with Crippen molar-refractivity contribution >= 4 is 0 Å². The Hall–Kier alpha value is -0.120. The molecule has 1 heterocycles. The summed E-state index contributed by atoms with van der Waals surface area (Å²) in [4.78, 5) is 2.71. The summed E-state index contributed by atoms with van der Waals surface area (Å²) >= 11 is 0. The third-order valence-electron chi connectivity index (χ3n) is 4.55. The monoisotopic (exact) mass is 268 g/mol. The van der Waals surface area contributed by atoms with Gasteiger partial charge in [-0.1, -0.05) is 26.2 Å². The Balaban J connectivity index is 1.99. The molecule has 2 fully saturated rings. The highest BCUT2D eigenvalue weighted by Gasteiger charge is 2.33. The van der Waals surface area contributed by atoms with E-state index in [0.717, 1.165) is 25.7 Å². The fraction of sp³-hybridized carbons (Fsp3) is 1.00. The summed E-state index contributed by atoms with van der Waals surface area (Å²) in [5.41, 5.74) is 0. The Kier molecular flexibility index (Phi) is 6.11. The lowest BCUT2D eigenvalue weighted by molar-refractivity contribution is -0.0850. The smallest absolute Gasteiger partial charge is 0.0678 e. The number of ether oxygens (including phenoxy) is 1. The van der Waals surface area contributed by atoms with Crippen LogP contribution in [0.2, 0.25) is 0 Å². The summed E-state index contributed by atoms with van der Waals surface area (Å²) in [7, 11) is 0. The molecule has 0 aromatic heterocycles. The predicted molar refractivity (Wildman–Crippen MR) is 80.5 cm³/mol. The van der Waals surface area contributed by atoms with Gasteiger partial charge < -0.3 is 10.1 Å². The van der Waals surface area contributed by atoms with E-state index in [9.17, 15) is 0 Å². The van der Waals surface area contributed by atoms with Crippen LogP contribution >= 0.6 is 0 Å². The van der Waals surface area contributed by atoms with Gasteiger partial charge in [-0.15, -0.1) is 0 Å². The molecule has 0 spiro atoms. The van der Waals surface area contributed by atoms with Gasteiger partial charge in [-0.2, -0.15) is 0 Å². The van der Waals surface area contributed by atoms with E-state index in [1.54, 1.807) is 0 Å². The Morgan fingerprint density at radius 3 is 2.42 bits per heavy atom. The summed E-state index contributed by atoms with van der Waals surface area (Å²) in [6.45, 7) is 10.1. The summed E-state index contributed by atoms with van der Waals surface area (Å²) in [5.74, 6) is 0. The second-order valence-corrected chi connectivity index (χ2v) is 6.48. The molecule has 0 aromatic rings. The first-order valence-electron chi connectivity index (χ1n) is 8.33. The lowest BCUT2D eigenvalue weighted by Crippen LogP contribution is -2.56. The van der Waals surface area contributed by atoms with Gasteiger partial charge in [-0.25, -0.2) is 0 Å². The zero-order valence-corrected chi connectivity index (χ0v) is 13.0. The zero-order chi connectivity index (χ0) is 13.7. The van der Waals surface area contributed by atoms with Crippen LogP contribution < -0.4 is 5.32 Å². The molecule has 1 N–H and O–H groups in total. The molecule has 1 aliphatic heterocycles. The van der Waals surface area contributed by atoms with E-state index in [-0.39, 0.29) is 0 Å². The van der Waals surface area contributed by atoms with Crippen LogP contribution in [-0.2, 0) is 4.74 Å². The second kappa shape index (κ2) is 7.61. The molecule has 0 amide bonds. The number of hydrogen-bond acceptors (Lipinski definition) is 3. The minimum Gasteiger partial charge on any atom is -0.373 e. The van der Waals surface area contributed by atoms with Crippen LogP contribution in [0.3, 0.4) is 0 Å². The molecule has 0 bridgehead atoms. The van der Waals surface area contributed by atoms with Crippen LogP contribution in [0.4, 0.5) is 0 Å². The zero-order valence-electron chi connectivity index (χ0n) is 13.0. The predicted octanol–water partition coefficient (Wildman–Crippen LogP) is 2.80. The first kappa shape index (κ1) is 15.3. The molecular formula is C16H32N2O. The number of nitrogens with zero attached hydrogens (tertiary/aromatic N) is 1. The van der Waals surface area contributed by atoms with Crippen molar-refractivity contribution in [1.29, 1.82) is 0 Å². The molecule has 4 atom stereocenters. The lowest BCUT2D eigenvalue weighted by atomic mass is 9.99. The maximum atomic E-state index is 5.89. The summed E-state index contributed by atoms with van der Waals surface area (Å²) < 4.78 is 5.89. The topological polar surface area (TPSA) is 24.5 Å². The molecule has 2 rings (SSSR count). The van der Waals surface area contributed by atoms with E-state index in [1.807, 2.05) is 0 Å². The highest BCUT2D eigenvalue weighted by molar-refractivity contribution is 4.89. The van der Waals surface area contributed by atoms with E-state index in [1.165, 1.54) is 38.5 Å². The maximum Gasteiger partial charge on any atom is 0.0678 e. The van der Waals surface area contributed by atoms with Crippen molar-refractivity contribution in [2.75, 3.05) is 19.6 Å². The highest BCUT2D eigenvalue weighted by atomic mass is 16.5. The van der Waals surface area contributed by atoms with Gasteiger partial charge in [0.25, 0.3) is 0 Å². The van der Waals surface area contributed by atoms with Crippen molar-refractivity contribution in [3.05, 3.63) is 0 Å². The molecule has 112 valence electrons. The summed E-state index contributed by atoms with van der Waals surface area (Å²) in [5, 5.41) is 3.81. The molecule has 0 aromatic carbocycles. The van der Waals surface area contributed by atoms with Gasteiger partial charge >= 0.3 is 0 Å². The van der Waals surface area contributed by atoms with Crippen molar-refractivity contribution in [3.63, 3.8) is 0 Å². The van der Waals surface area contributed by atoms with E-state index in [2.05, 4.69) is 31.0 Å². The lowest BCUT2D eigenvalue weighted by Gasteiger charge is -2.43. The van der Waals surface area contributed by atoms with Gasteiger partial charge in [0.2, 0.25) is 0 Å². The van der Waals surface area contributed by atoms with Crippen molar-refractivity contribution in [2.24, 2.45) is 0 Å². The van der Waals surface area contributed by atoms with Crippen molar-refractivity contribution < 1.29 is 4.74 Å². The van der Waals surface area contributed by atoms with E-state index < -0.39 is 0 Å². The fourth-order valence-corrected chi connectivity index (χ4v) is 3.78. The van der Waals surface area contributed by atoms with Crippen molar-refractivity contribution in [3.8, 4) is 0 Å². The number of hydrogen-bond donors (Lipinski definition) is 1. The minimum atomic E-state index is 0.388. The molecule has 1 saturated heterocycles. The third-order valence-corrected chi connectivity index (χ3v) is 4.55. The minimum absolute atomic E-state index is 0.388. The molecule has 19 heavy (non-hydrogen) atoms. The summed E-state index contributed by atoms with van der Waals surface area (Å²) in [6, 6.07) is 1.42. The second-order valence-electron chi connectivity index (χ2n) is 6.48. The quantitative estimate of drug-likeness (QED) is 0.794. The van der Waals surface area contributed by atoms with Crippen LogP contribution in [0.1, 0.15) is 59.3 Å². The molecule has 2 aliphatic rings. The van der Waals surface area contributed by atoms with Gasteiger partial charge in [0.05, 0.1) is 12.2 Å². The Morgan fingerprint density at radius 2 is 1.74 bits per heavy atom. The van der Waals surface area contributed by atoms with E-state index in [0.29, 0.717) is 18.2 Å². The third kappa shape index (κ3) is 4.44. The van der Waals surface area contributed by atoms with Crippen molar-refractivity contribution in [1.82, 2.24) is 10.2 Å². The highest BCUT2D eigenvalue weighted by Crippen LogP contribution is 2.25. The van der Waals surface area contributed by atoms with Gasteiger partial charge in [0.15, 0.2) is 0 Å². The summed E-state index contributed by atoms with van der Waals surface area (Å²) in [6.07, 6.45) is 8.93. The van der Waals surface area contributed by atoms with Gasteiger partial charge in [0.1, 0.15) is 0 Å². The average Bonchev–Trinajstić information content (AvgIpc) is 2.60. The fourth-order valence-electron chi connectivity index (χ4n) is 3.78. The maximum absolute atomic E-state index is 5.89. The molecule has 0 radical (unpaired) electrons.